The van der Waals surface area contributed by atoms with Crippen molar-refractivity contribution in [2.75, 3.05) is 26.0 Å². The molecular weight excluding hydrogens is 597 g/mol. The molecule has 1 aliphatic rings. The van der Waals surface area contributed by atoms with Gasteiger partial charge in [-0.25, -0.2) is 8.78 Å². The van der Waals surface area contributed by atoms with Crippen LogP contribution in [-0.2, 0) is 16.8 Å². The molecule has 1 fully saturated rings. The van der Waals surface area contributed by atoms with E-state index in [0.717, 1.165) is 6.07 Å². The van der Waals surface area contributed by atoms with Crippen molar-refractivity contribution in [3.05, 3.63) is 81.5 Å². The van der Waals surface area contributed by atoms with Crippen molar-refractivity contribution in [1.29, 1.82) is 5.26 Å². The summed E-state index contributed by atoms with van der Waals surface area (Å²) in [6.07, 6.45) is 1.29. The normalized spacial score (nSPS) is 22.9. The Labute approximate surface area is 260 Å². The number of halogens is 4. The van der Waals surface area contributed by atoms with Gasteiger partial charge in [-0.1, -0.05) is 62.2 Å². The van der Waals surface area contributed by atoms with Crippen molar-refractivity contribution >= 4 is 34.9 Å². The van der Waals surface area contributed by atoms with E-state index in [-0.39, 0.29) is 38.9 Å². The Kier molecular flexibility index (Phi) is 9.84. The molecular formula is C31H36Cl2F2N6O2. The maximum Gasteiger partial charge on any atom is 0.243 e. The third kappa shape index (κ3) is 7.03. The molecule has 1 saturated heterocycles. The van der Waals surface area contributed by atoms with Gasteiger partial charge in [-0.05, 0) is 49.7 Å². The average Bonchev–Trinajstić information content (AvgIpc) is 3.46. The Balaban J connectivity index is 1.82. The molecule has 1 amide bonds. The first-order chi connectivity index (χ1) is 20.2. The zero-order chi connectivity index (χ0) is 31.7. The van der Waals surface area contributed by atoms with Crippen LogP contribution < -0.4 is 10.6 Å². The van der Waals surface area contributed by atoms with Crippen molar-refractivity contribution < 1.29 is 18.7 Å². The minimum Gasteiger partial charge on any atom is -0.390 e. The van der Waals surface area contributed by atoms with Crippen molar-refractivity contribution in [2.45, 2.75) is 63.3 Å². The highest BCUT2D eigenvalue weighted by Crippen LogP contribution is 2.52. The summed E-state index contributed by atoms with van der Waals surface area (Å²) in [5.74, 6) is -3.11. The third-order valence-electron chi connectivity index (χ3n) is 7.60. The van der Waals surface area contributed by atoms with Crippen LogP contribution in [0.3, 0.4) is 0 Å². The number of rotatable bonds is 9. The summed E-state index contributed by atoms with van der Waals surface area (Å²) < 4.78 is 33.1. The molecule has 1 aliphatic heterocycles. The van der Waals surface area contributed by atoms with Gasteiger partial charge in [0.15, 0.2) is 5.82 Å². The number of nitrogens with zero attached hydrogens (tertiary/aromatic N) is 4. The summed E-state index contributed by atoms with van der Waals surface area (Å²) >= 11 is 12.3. The molecule has 230 valence electrons. The van der Waals surface area contributed by atoms with E-state index < -0.39 is 47.1 Å². The van der Waals surface area contributed by atoms with E-state index >= 15 is 8.78 Å². The van der Waals surface area contributed by atoms with Crippen LogP contribution in [-0.4, -0.2) is 64.5 Å². The van der Waals surface area contributed by atoms with Crippen LogP contribution in [0.15, 0.2) is 48.7 Å². The summed E-state index contributed by atoms with van der Waals surface area (Å²) in [5, 5.41) is 31.6. The second-order valence-corrected chi connectivity index (χ2v) is 13.4. The number of aliphatic hydroxyl groups is 1. The number of amides is 1. The Morgan fingerprint density at radius 3 is 2.60 bits per heavy atom. The Morgan fingerprint density at radius 2 is 1.98 bits per heavy atom. The molecule has 2 heterocycles. The van der Waals surface area contributed by atoms with E-state index in [1.807, 2.05) is 39.8 Å². The number of hydrogen-bond donors (Lipinski definition) is 3. The van der Waals surface area contributed by atoms with Crippen molar-refractivity contribution in [3.63, 3.8) is 0 Å². The van der Waals surface area contributed by atoms with E-state index in [4.69, 9.17) is 23.2 Å². The lowest BCUT2D eigenvalue weighted by molar-refractivity contribution is -0.118. The van der Waals surface area contributed by atoms with Gasteiger partial charge in [-0.15, -0.1) is 0 Å². The lowest BCUT2D eigenvalue weighted by Gasteiger charge is -2.37. The van der Waals surface area contributed by atoms with Crippen LogP contribution >= 0.6 is 23.2 Å². The smallest absolute Gasteiger partial charge is 0.243 e. The number of carbonyl (C=O) groups is 1. The van der Waals surface area contributed by atoms with Gasteiger partial charge in [0.25, 0.3) is 0 Å². The molecule has 0 aliphatic carbocycles. The molecule has 1 aromatic heterocycles. The number of nitriles is 1. The fraction of sp³-hybridized carbons (Fsp3) is 0.452. The van der Waals surface area contributed by atoms with Gasteiger partial charge >= 0.3 is 0 Å². The van der Waals surface area contributed by atoms with E-state index in [9.17, 15) is 15.2 Å². The van der Waals surface area contributed by atoms with Crippen LogP contribution in [0.5, 0.6) is 0 Å². The zero-order valence-electron chi connectivity index (χ0n) is 24.7. The monoisotopic (exact) mass is 632 g/mol. The highest BCUT2D eigenvalue weighted by atomic mass is 35.5. The molecule has 0 spiro atoms. The Morgan fingerprint density at radius 1 is 1.26 bits per heavy atom. The van der Waals surface area contributed by atoms with Crippen LogP contribution in [0, 0.1) is 28.4 Å². The maximum atomic E-state index is 15.8. The summed E-state index contributed by atoms with van der Waals surface area (Å²) in [6, 6.07) is 10.3. The highest BCUT2D eigenvalue weighted by Gasteiger charge is 2.61. The third-order valence-corrected chi connectivity index (χ3v) is 8.12. The molecule has 2 aromatic carbocycles. The molecule has 5 atom stereocenters. The van der Waals surface area contributed by atoms with E-state index in [0.29, 0.717) is 13.0 Å². The number of anilines is 1. The molecule has 8 nitrogen and oxygen atoms in total. The van der Waals surface area contributed by atoms with Crippen molar-refractivity contribution in [3.8, 4) is 6.07 Å². The predicted molar refractivity (Wildman–Crippen MR) is 163 cm³/mol. The number of likely N-dealkylation sites (N-methyl/N-ethyl adjacent to an activating group) is 1. The number of nitrogens with one attached hydrogen (secondary N) is 2. The molecule has 12 heteroatoms. The van der Waals surface area contributed by atoms with Gasteiger partial charge in [0.2, 0.25) is 5.91 Å². The minimum absolute atomic E-state index is 0.0000156. The van der Waals surface area contributed by atoms with Crippen LogP contribution in [0.4, 0.5) is 14.6 Å². The molecule has 4 unspecified atom stereocenters. The van der Waals surface area contributed by atoms with Gasteiger partial charge in [0.1, 0.15) is 17.0 Å². The molecule has 0 radical (unpaired) electrons. The van der Waals surface area contributed by atoms with Gasteiger partial charge < -0.3 is 20.6 Å². The van der Waals surface area contributed by atoms with Gasteiger partial charge in [-0.2, -0.15) is 10.4 Å². The molecule has 4 rings (SSSR count). The maximum absolute atomic E-state index is 15.8. The Bertz CT molecular complexity index is 1520. The summed E-state index contributed by atoms with van der Waals surface area (Å²) in [4.78, 5) is 15.8. The van der Waals surface area contributed by atoms with Gasteiger partial charge in [0.05, 0.1) is 29.8 Å². The lowest BCUT2D eigenvalue weighted by Crippen LogP contribution is -2.45. The number of carbonyl (C=O) groups excluding carboxylic acids is 1. The Hall–Kier alpha value is -3.07. The molecule has 3 N–H and O–H groups in total. The minimum atomic E-state index is -1.73. The quantitative estimate of drug-likeness (QED) is 0.294. The van der Waals surface area contributed by atoms with Crippen LogP contribution in [0.1, 0.15) is 44.2 Å². The van der Waals surface area contributed by atoms with Crippen molar-refractivity contribution in [2.24, 2.45) is 5.41 Å². The van der Waals surface area contributed by atoms with Gasteiger partial charge in [-0.3, -0.25) is 9.48 Å². The van der Waals surface area contributed by atoms with E-state index in [2.05, 4.69) is 21.8 Å². The molecule has 0 saturated carbocycles. The van der Waals surface area contributed by atoms with E-state index in [1.165, 1.54) is 35.0 Å². The summed E-state index contributed by atoms with van der Waals surface area (Å²) in [5.41, 5.74) is -2.09. The number of hydrogen-bond acceptors (Lipinski definition) is 6. The standard InChI is InChI=1S/C31H36Cl2F2N6O2/c1-30(2,3)14-24-31(17-36,21-10-9-18(32)13-23(21)34)26(20-7-6-8-22(33)27(20)35)28(37-24)29(43)38-25-11-12-41(39-25)16-19(42)15-40(4)5/h6-13,19,24,26,28,37,42H,14-16H2,1-5H3,(H,38,39,43)/t19-,24?,26?,28?,31?/m0/s1. The van der Waals surface area contributed by atoms with Crippen LogP contribution in [0.2, 0.25) is 10.0 Å². The fourth-order valence-electron chi connectivity index (χ4n) is 5.99. The number of benzene rings is 2. The first kappa shape index (κ1) is 32.8. The first-order valence-electron chi connectivity index (χ1n) is 13.9. The van der Waals surface area contributed by atoms with Crippen LogP contribution in [0.25, 0.3) is 0 Å². The first-order valence-corrected chi connectivity index (χ1v) is 14.7. The molecule has 43 heavy (non-hydrogen) atoms. The SMILES string of the molecule is CN(C)C[C@H](O)Cn1ccc(NC(=O)C2NC(CC(C)(C)C)C(C#N)(c3ccc(Cl)cc3F)C2c2cccc(Cl)c2F)n1. The molecule has 3 aromatic rings. The topological polar surface area (TPSA) is 106 Å². The number of aromatic nitrogens is 2. The second-order valence-electron chi connectivity index (χ2n) is 12.5. The lowest BCUT2D eigenvalue weighted by atomic mass is 9.62. The fourth-order valence-corrected chi connectivity index (χ4v) is 6.33. The summed E-state index contributed by atoms with van der Waals surface area (Å²) in [7, 11) is 3.69. The predicted octanol–water partition coefficient (Wildman–Crippen LogP) is 5.35. The van der Waals surface area contributed by atoms with Crippen molar-refractivity contribution in [1.82, 2.24) is 20.0 Å². The largest absolute Gasteiger partial charge is 0.390 e. The zero-order valence-corrected chi connectivity index (χ0v) is 26.2. The number of aliphatic hydroxyl groups excluding tert-OH is 1. The average molecular weight is 634 g/mol. The summed E-state index contributed by atoms with van der Waals surface area (Å²) in [6.45, 7) is 6.53. The van der Waals surface area contributed by atoms with Gasteiger partial charge in [0, 0.05) is 41.4 Å². The highest BCUT2D eigenvalue weighted by molar-refractivity contribution is 6.31. The molecule has 0 bridgehead atoms. The second kappa shape index (κ2) is 12.9. The van der Waals surface area contributed by atoms with E-state index in [1.54, 1.807) is 12.3 Å².